The number of hydrogen-bond donors (Lipinski definition) is 2. The first-order valence-corrected chi connectivity index (χ1v) is 8.99. The molecule has 0 radical (unpaired) electrons. The quantitative estimate of drug-likeness (QED) is 0.504. The lowest BCUT2D eigenvalue weighted by atomic mass is 10.2. The van der Waals surface area contributed by atoms with Crippen molar-refractivity contribution in [3.8, 4) is 17.4 Å². The lowest BCUT2D eigenvalue weighted by Crippen LogP contribution is -2.20. The maximum atomic E-state index is 12.3. The molecule has 11 heteroatoms. The van der Waals surface area contributed by atoms with Crippen molar-refractivity contribution in [2.75, 3.05) is 17.7 Å². The zero-order valence-corrected chi connectivity index (χ0v) is 16.5. The van der Waals surface area contributed by atoms with Gasteiger partial charge in [0.25, 0.3) is 0 Å². The molecular formula is C21H16F3N3O5. The third-order valence-electron chi connectivity index (χ3n) is 3.86. The Kier molecular flexibility index (Phi) is 6.78. The molecule has 2 N–H and O–H groups in total. The lowest BCUT2D eigenvalue weighted by molar-refractivity contribution is -0.274. The maximum Gasteiger partial charge on any atom is 0.573 e. The molecule has 0 aliphatic carbocycles. The normalized spacial score (nSPS) is 10.8. The number of methoxy groups -OCH3 is 1. The smallest absolute Gasteiger partial charge is 0.465 e. The number of para-hydroxylation sites is 1. The van der Waals surface area contributed by atoms with E-state index < -0.39 is 24.1 Å². The van der Waals surface area contributed by atoms with E-state index in [1.165, 1.54) is 43.6 Å². The summed E-state index contributed by atoms with van der Waals surface area (Å²) in [4.78, 5) is 28.3. The highest BCUT2D eigenvalue weighted by Gasteiger charge is 2.31. The van der Waals surface area contributed by atoms with Crippen LogP contribution in [-0.2, 0) is 4.74 Å². The summed E-state index contributed by atoms with van der Waals surface area (Å²) < 4.78 is 50.9. The molecule has 1 aromatic heterocycles. The number of anilines is 2. The summed E-state index contributed by atoms with van der Waals surface area (Å²) in [6.45, 7) is 0. The minimum atomic E-state index is -4.81. The van der Waals surface area contributed by atoms with Gasteiger partial charge in [-0.05, 0) is 48.5 Å². The molecule has 2 aromatic carbocycles. The number of ether oxygens (including phenoxy) is 3. The van der Waals surface area contributed by atoms with Crippen LogP contribution in [0.25, 0.3) is 0 Å². The number of carbonyl (C=O) groups is 2. The number of nitrogens with zero attached hydrogens (tertiary/aromatic N) is 1. The molecule has 3 rings (SSSR count). The van der Waals surface area contributed by atoms with Crippen LogP contribution in [-0.4, -0.2) is 30.5 Å². The van der Waals surface area contributed by atoms with Crippen molar-refractivity contribution in [2.24, 2.45) is 0 Å². The minimum absolute atomic E-state index is 0.00734. The summed E-state index contributed by atoms with van der Waals surface area (Å²) in [5, 5.41) is 5.00. The van der Waals surface area contributed by atoms with E-state index in [0.717, 1.165) is 12.1 Å². The van der Waals surface area contributed by atoms with Crippen LogP contribution >= 0.6 is 0 Å². The van der Waals surface area contributed by atoms with Gasteiger partial charge in [-0.15, -0.1) is 13.2 Å². The van der Waals surface area contributed by atoms with Crippen LogP contribution in [0.3, 0.4) is 0 Å². The maximum absolute atomic E-state index is 12.3. The van der Waals surface area contributed by atoms with Crippen molar-refractivity contribution >= 4 is 23.4 Å². The van der Waals surface area contributed by atoms with Gasteiger partial charge in [0.1, 0.15) is 22.7 Å². The van der Waals surface area contributed by atoms with Gasteiger partial charge in [-0.3, -0.25) is 0 Å². The average molecular weight is 447 g/mol. The van der Waals surface area contributed by atoms with Gasteiger partial charge in [-0.1, -0.05) is 12.1 Å². The number of aromatic nitrogens is 1. The number of nitrogens with one attached hydrogen (secondary N) is 2. The highest BCUT2D eigenvalue weighted by atomic mass is 19.4. The van der Waals surface area contributed by atoms with Crippen molar-refractivity contribution in [3.05, 3.63) is 72.4 Å². The van der Waals surface area contributed by atoms with Gasteiger partial charge in [-0.25, -0.2) is 14.6 Å². The molecule has 0 saturated carbocycles. The second kappa shape index (κ2) is 9.69. The van der Waals surface area contributed by atoms with E-state index in [0.29, 0.717) is 0 Å². The molecule has 1 heterocycles. The second-order valence-electron chi connectivity index (χ2n) is 6.10. The van der Waals surface area contributed by atoms with Gasteiger partial charge >= 0.3 is 18.4 Å². The number of alkyl halides is 3. The molecule has 0 atom stereocenters. The summed E-state index contributed by atoms with van der Waals surface area (Å²) in [6.07, 6.45) is -3.38. The standard InChI is InChI=1S/C21H16F3N3O5/c1-30-19(28)15-5-2-3-7-17(15)31-18-16(6-4-12-25-18)27-20(29)26-13-8-10-14(11-9-13)32-21(22,23)24/h2-12H,1H3,(H2,26,27,29). The van der Waals surface area contributed by atoms with Gasteiger partial charge in [-0.2, -0.15) is 0 Å². The number of pyridine rings is 1. The van der Waals surface area contributed by atoms with Gasteiger partial charge in [0, 0.05) is 11.9 Å². The number of rotatable bonds is 6. The number of amides is 2. The molecule has 166 valence electrons. The topological polar surface area (TPSA) is 98.8 Å². The lowest BCUT2D eigenvalue weighted by Gasteiger charge is -2.14. The van der Waals surface area contributed by atoms with E-state index in [4.69, 9.17) is 9.47 Å². The number of esters is 1. The van der Waals surface area contributed by atoms with Crippen LogP contribution in [0.5, 0.6) is 17.4 Å². The van der Waals surface area contributed by atoms with Crippen molar-refractivity contribution in [2.45, 2.75) is 6.36 Å². The molecular weight excluding hydrogens is 431 g/mol. The predicted octanol–water partition coefficient (Wildman–Crippen LogP) is 5.20. The Labute approximate surface area is 179 Å². The first-order chi connectivity index (χ1) is 15.2. The van der Waals surface area contributed by atoms with Crippen LogP contribution in [0.15, 0.2) is 66.9 Å². The highest BCUT2D eigenvalue weighted by molar-refractivity contribution is 6.00. The van der Waals surface area contributed by atoms with Crippen molar-refractivity contribution < 1.29 is 37.0 Å². The molecule has 0 fully saturated rings. The van der Waals surface area contributed by atoms with Gasteiger partial charge < -0.3 is 24.8 Å². The van der Waals surface area contributed by atoms with Crippen molar-refractivity contribution in [1.82, 2.24) is 4.98 Å². The SMILES string of the molecule is COC(=O)c1ccccc1Oc1ncccc1NC(=O)Nc1ccc(OC(F)(F)F)cc1. The monoisotopic (exact) mass is 447 g/mol. The zero-order valence-electron chi connectivity index (χ0n) is 16.5. The first kappa shape index (κ1) is 22.4. The van der Waals surface area contributed by atoms with Crippen LogP contribution in [0.4, 0.5) is 29.3 Å². The van der Waals surface area contributed by atoms with E-state index >= 15 is 0 Å². The fourth-order valence-electron chi connectivity index (χ4n) is 2.53. The molecule has 3 aromatic rings. The third kappa shape index (κ3) is 6.11. The predicted molar refractivity (Wildman–Crippen MR) is 108 cm³/mol. The molecule has 2 amide bonds. The first-order valence-electron chi connectivity index (χ1n) is 8.99. The summed E-state index contributed by atoms with van der Waals surface area (Å²) in [7, 11) is 1.24. The molecule has 0 saturated heterocycles. The summed E-state index contributed by atoms with van der Waals surface area (Å²) >= 11 is 0. The molecule has 0 aliphatic heterocycles. The largest absolute Gasteiger partial charge is 0.573 e. The van der Waals surface area contributed by atoms with Crippen LogP contribution in [0, 0.1) is 0 Å². The molecule has 0 bridgehead atoms. The molecule has 0 unspecified atom stereocenters. The Morgan fingerprint density at radius 2 is 1.66 bits per heavy atom. The van der Waals surface area contributed by atoms with E-state index in [1.54, 1.807) is 18.2 Å². The second-order valence-corrected chi connectivity index (χ2v) is 6.10. The van der Waals surface area contributed by atoms with E-state index in [9.17, 15) is 22.8 Å². The highest BCUT2D eigenvalue weighted by Crippen LogP contribution is 2.30. The molecule has 32 heavy (non-hydrogen) atoms. The van der Waals surface area contributed by atoms with E-state index in [1.807, 2.05) is 0 Å². The third-order valence-corrected chi connectivity index (χ3v) is 3.86. The van der Waals surface area contributed by atoms with Crippen LogP contribution in [0.1, 0.15) is 10.4 Å². The van der Waals surface area contributed by atoms with Crippen molar-refractivity contribution in [1.29, 1.82) is 0 Å². The number of benzene rings is 2. The Bertz CT molecular complexity index is 1100. The van der Waals surface area contributed by atoms with E-state index in [2.05, 4.69) is 20.4 Å². The number of urea groups is 1. The Morgan fingerprint density at radius 3 is 2.34 bits per heavy atom. The molecule has 0 aliphatic rings. The van der Waals surface area contributed by atoms with Crippen LogP contribution < -0.4 is 20.1 Å². The van der Waals surface area contributed by atoms with Crippen LogP contribution in [0.2, 0.25) is 0 Å². The van der Waals surface area contributed by atoms with Gasteiger partial charge in [0.05, 0.1) is 7.11 Å². The number of halogens is 3. The average Bonchev–Trinajstić information content (AvgIpc) is 2.75. The minimum Gasteiger partial charge on any atom is -0.465 e. The number of carbonyl (C=O) groups excluding carboxylic acids is 2. The van der Waals surface area contributed by atoms with Gasteiger partial charge in [0.15, 0.2) is 0 Å². The Hall–Kier alpha value is -4.28. The summed E-state index contributed by atoms with van der Waals surface area (Å²) in [5.41, 5.74) is 0.568. The molecule has 0 spiro atoms. The van der Waals surface area contributed by atoms with Gasteiger partial charge in [0.2, 0.25) is 5.88 Å². The fourth-order valence-corrected chi connectivity index (χ4v) is 2.53. The molecule has 8 nitrogen and oxygen atoms in total. The summed E-state index contributed by atoms with van der Waals surface area (Å²) in [6, 6.07) is 13.3. The number of hydrogen-bond acceptors (Lipinski definition) is 6. The Balaban J connectivity index is 1.70. The Morgan fingerprint density at radius 1 is 0.938 bits per heavy atom. The zero-order chi connectivity index (χ0) is 23.1. The van der Waals surface area contributed by atoms with Crippen molar-refractivity contribution in [3.63, 3.8) is 0 Å². The van der Waals surface area contributed by atoms with E-state index in [-0.39, 0.29) is 28.6 Å². The fraction of sp³-hybridized carbons (Fsp3) is 0.0952. The summed E-state index contributed by atoms with van der Waals surface area (Å²) in [5.74, 6) is -0.855.